The minimum atomic E-state index is -0.339. The lowest BCUT2D eigenvalue weighted by atomic mass is 10.3. The third-order valence-corrected chi connectivity index (χ3v) is 2.05. The summed E-state index contributed by atoms with van der Waals surface area (Å²) in [6.45, 7) is 5.80. The van der Waals surface area contributed by atoms with Gasteiger partial charge in [0, 0.05) is 6.54 Å². The van der Waals surface area contributed by atoms with Gasteiger partial charge in [0.2, 0.25) is 0 Å². The van der Waals surface area contributed by atoms with Crippen LogP contribution in [0, 0.1) is 0 Å². The Hall–Kier alpha value is 0.500. The van der Waals surface area contributed by atoms with Crippen molar-refractivity contribution in [1.29, 1.82) is 0 Å². The van der Waals surface area contributed by atoms with Crippen LogP contribution >= 0.6 is 23.2 Å². The van der Waals surface area contributed by atoms with E-state index >= 15 is 0 Å². The van der Waals surface area contributed by atoms with Gasteiger partial charge < -0.3 is 5.73 Å². The molecule has 0 radical (unpaired) electrons. The highest BCUT2D eigenvalue weighted by atomic mass is 35.5. The van der Waals surface area contributed by atoms with Crippen molar-refractivity contribution >= 4 is 23.2 Å². The zero-order valence-corrected chi connectivity index (χ0v) is 9.28. The van der Waals surface area contributed by atoms with Crippen molar-refractivity contribution in [2.24, 2.45) is 5.73 Å². The molecule has 0 aromatic rings. The van der Waals surface area contributed by atoms with Crippen LogP contribution in [0.15, 0.2) is 0 Å². The van der Waals surface area contributed by atoms with Crippen LogP contribution in [0.2, 0.25) is 0 Å². The molecular weight excluding hydrogens is 195 g/mol. The molecule has 0 aliphatic rings. The Morgan fingerprint density at radius 3 is 2.25 bits per heavy atom. The van der Waals surface area contributed by atoms with Crippen LogP contribution in [-0.2, 0) is 0 Å². The normalized spacial score (nSPS) is 14.2. The van der Waals surface area contributed by atoms with Gasteiger partial charge in [-0.15, -0.1) is 23.2 Å². The highest BCUT2D eigenvalue weighted by Gasteiger charge is 2.13. The second-order valence-corrected chi connectivity index (χ2v) is 4.14. The summed E-state index contributed by atoms with van der Waals surface area (Å²) in [5.74, 6) is 0. The molecule has 0 rings (SSSR count). The van der Waals surface area contributed by atoms with E-state index in [1.165, 1.54) is 0 Å². The first-order valence-corrected chi connectivity index (χ1v) is 5.26. The maximum atomic E-state index is 5.86. The molecule has 0 spiro atoms. The van der Waals surface area contributed by atoms with Gasteiger partial charge in [-0.1, -0.05) is 13.8 Å². The van der Waals surface area contributed by atoms with Gasteiger partial charge in [-0.25, -0.2) is 0 Å². The molecular formula is C8H18Cl2N2. The van der Waals surface area contributed by atoms with Crippen LogP contribution in [0.25, 0.3) is 0 Å². The minimum Gasteiger partial charge on any atom is -0.316 e. The van der Waals surface area contributed by atoms with E-state index in [1.54, 1.807) is 0 Å². The van der Waals surface area contributed by atoms with Crippen molar-refractivity contribution in [2.75, 3.05) is 13.1 Å². The maximum absolute atomic E-state index is 5.86. The smallest absolute Gasteiger partial charge is 0.120 e. The second kappa shape index (κ2) is 6.96. The molecule has 12 heavy (non-hydrogen) atoms. The Morgan fingerprint density at radius 1 is 1.33 bits per heavy atom. The maximum Gasteiger partial charge on any atom is 0.120 e. The van der Waals surface area contributed by atoms with E-state index in [4.69, 9.17) is 28.9 Å². The van der Waals surface area contributed by atoms with Crippen LogP contribution in [0.4, 0.5) is 0 Å². The quantitative estimate of drug-likeness (QED) is 0.541. The fourth-order valence-electron chi connectivity index (χ4n) is 1.12. The van der Waals surface area contributed by atoms with Crippen LogP contribution < -0.4 is 5.73 Å². The molecule has 0 saturated heterocycles. The van der Waals surface area contributed by atoms with Gasteiger partial charge in [-0.3, -0.25) is 4.90 Å². The van der Waals surface area contributed by atoms with E-state index in [0.717, 1.165) is 19.4 Å². The van der Waals surface area contributed by atoms with Gasteiger partial charge in [0.1, 0.15) is 4.84 Å². The van der Waals surface area contributed by atoms with Crippen molar-refractivity contribution in [3.63, 3.8) is 0 Å². The minimum absolute atomic E-state index is 0.0879. The average molecular weight is 213 g/mol. The Bertz CT molecular complexity index is 109. The monoisotopic (exact) mass is 212 g/mol. The molecule has 1 atom stereocenters. The Labute approximate surface area is 85.0 Å². The number of halogens is 2. The number of nitrogens with two attached hydrogens (primary N) is 1. The van der Waals surface area contributed by atoms with E-state index in [9.17, 15) is 0 Å². The van der Waals surface area contributed by atoms with Gasteiger partial charge in [0.15, 0.2) is 0 Å². The van der Waals surface area contributed by atoms with E-state index in [-0.39, 0.29) is 11.0 Å². The molecule has 0 amide bonds. The summed E-state index contributed by atoms with van der Waals surface area (Å²) < 4.78 is 0. The highest BCUT2D eigenvalue weighted by molar-refractivity contribution is 6.44. The lowest BCUT2D eigenvalue weighted by molar-refractivity contribution is 0.203. The summed E-state index contributed by atoms with van der Waals surface area (Å²) in [5, 5.41) is 0. The SMILES string of the molecule is CCCN(CC(Cl)Cl)C(N)CC. The second-order valence-electron chi connectivity index (χ2n) is 2.86. The summed E-state index contributed by atoms with van der Waals surface area (Å²) >= 11 is 11.4. The molecule has 0 aromatic heterocycles. The summed E-state index contributed by atoms with van der Waals surface area (Å²) in [7, 11) is 0. The van der Waals surface area contributed by atoms with Crippen molar-refractivity contribution in [2.45, 2.75) is 37.7 Å². The molecule has 0 aliphatic heterocycles. The molecule has 0 bridgehead atoms. The highest BCUT2D eigenvalue weighted by Crippen LogP contribution is 2.08. The first-order chi connectivity index (χ1) is 5.61. The Morgan fingerprint density at radius 2 is 1.92 bits per heavy atom. The molecule has 1 unspecified atom stereocenters. The summed E-state index contributed by atoms with van der Waals surface area (Å²) in [5.41, 5.74) is 5.86. The number of alkyl halides is 2. The molecule has 0 heterocycles. The van der Waals surface area contributed by atoms with E-state index in [0.29, 0.717) is 6.54 Å². The van der Waals surface area contributed by atoms with Gasteiger partial charge in [0.05, 0.1) is 6.17 Å². The van der Waals surface area contributed by atoms with Crippen molar-refractivity contribution in [3.05, 3.63) is 0 Å². The number of hydrogen-bond acceptors (Lipinski definition) is 2. The summed E-state index contributed by atoms with van der Waals surface area (Å²) in [6, 6.07) is 0. The molecule has 74 valence electrons. The fourth-order valence-corrected chi connectivity index (χ4v) is 1.47. The topological polar surface area (TPSA) is 29.3 Å². The third-order valence-electron chi connectivity index (χ3n) is 1.77. The zero-order chi connectivity index (χ0) is 9.56. The van der Waals surface area contributed by atoms with Gasteiger partial charge in [-0.2, -0.15) is 0 Å². The summed E-state index contributed by atoms with van der Waals surface area (Å²) in [6.07, 6.45) is 2.10. The fraction of sp³-hybridized carbons (Fsp3) is 1.00. The standard InChI is InChI=1S/C8H18Cl2N2/c1-3-5-12(6-7(9)10)8(11)4-2/h7-8H,3-6,11H2,1-2H3. The van der Waals surface area contributed by atoms with Crippen LogP contribution in [-0.4, -0.2) is 29.0 Å². The third kappa shape index (κ3) is 5.20. The Kier molecular flexibility index (Phi) is 7.25. The molecule has 0 fully saturated rings. The lowest BCUT2D eigenvalue weighted by Crippen LogP contribution is -2.44. The van der Waals surface area contributed by atoms with Crippen molar-refractivity contribution < 1.29 is 0 Å². The van der Waals surface area contributed by atoms with Crippen molar-refractivity contribution in [1.82, 2.24) is 4.90 Å². The zero-order valence-electron chi connectivity index (χ0n) is 7.76. The number of nitrogens with zero attached hydrogens (tertiary/aromatic N) is 1. The van der Waals surface area contributed by atoms with E-state index in [1.807, 2.05) is 0 Å². The predicted molar refractivity (Wildman–Crippen MR) is 55.6 cm³/mol. The van der Waals surface area contributed by atoms with Crippen LogP contribution in [0.5, 0.6) is 0 Å². The molecule has 0 aromatic carbocycles. The molecule has 2 nitrogen and oxygen atoms in total. The largest absolute Gasteiger partial charge is 0.316 e. The van der Waals surface area contributed by atoms with Gasteiger partial charge >= 0.3 is 0 Å². The first kappa shape index (κ1) is 12.5. The molecule has 2 N–H and O–H groups in total. The lowest BCUT2D eigenvalue weighted by Gasteiger charge is -2.27. The van der Waals surface area contributed by atoms with E-state index in [2.05, 4.69) is 18.7 Å². The van der Waals surface area contributed by atoms with Gasteiger partial charge in [0.25, 0.3) is 0 Å². The molecule has 0 saturated carbocycles. The van der Waals surface area contributed by atoms with Crippen LogP contribution in [0.3, 0.4) is 0 Å². The number of rotatable bonds is 6. The van der Waals surface area contributed by atoms with Gasteiger partial charge in [-0.05, 0) is 19.4 Å². The first-order valence-electron chi connectivity index (χ1n) is 4.39. The molecule has 4 heteroatoms. The van der Waals surface area contributed by atoms with Crippen molar-refractivity contribution in [3.8, 4) is 0 Å². The van der Waals surface area contributed by atoms with Crippen LogP contribution in [0.1, 0.15) is 26.7 Å². The molecule has 0 aliphatic carbocycles. The van der Waals surface area contributed by atoms with E-state index < -0.39 is 0 Å². The number of hydrogen-bond donors (Lipinski definition) is 1. The Balaban J connectivity index is 3.84. The summed E-state index contributed by atoms with van der Waals surface area (Å²) in [4.78, 5) is 1.78. The average Bonchev–Trinajstić information content (AvgIpc) is 2.01. The predicted octanol–water partition coefficient (Wildman–Crippen LogP) is 2.20.